The number of urea groups is 1. The quantitative estimate of drug-likeness (QED) is 0.0551. The number of rotatable bonds is 22. The average molecular weight is 1030 g/mol. The molecule has 0 aromatic heterocycles. The third-order valence-electron chi connectivity index (χ3n) is 13.8. The molecule has 0 aliphatic carbocycles. The minimum Gasteiger partial charge on any atom is -0.493 e. The maximum atomic E-state index is 14.3. The molecule has 0 saturated carbocycles. The first-order chi connectivity index (χ1) is 36.2. The van der Waals surface area contributed by atoms with Crippen molar-refractivity contribution in [1.82, 2.24) is 25.8 Å². The predicted molar refractivity (Wildman–Crippen MR) is 281 cm³/mol. The monoisotopic (exact) mass is 1030 g/mol. The van der Waals surface area contributed by atoms with E-state index in [0.717, 1.165) is 29.5 Å². The van der Waals surface area contributed by atoms with Crippen molar-refractivity contribution in [2.45, 2.75) is 102 Å². The van der Waals surface area contributed by atoms with E-state index in [0.29, 0.717) is 96.6 Å². The Balaban J connectivity index is 0.853. The van der Waals surface area contributed by atoms with Crippen LogP contribution in [-0.4, -0.2) is 128 Å². The largest absolute Gasteiger partial charge is 0.493 e. The van der Waals surface area contributed by atoms with Gasteiger partial charge in [-0.15, -0.1) is 0 Å². The van der Waals surface area contributed by atoms with Gasteiger partial charge in [0.2, 0.25) is 17.7 Å². The second-order valence-corrected chi connectivity index (χ2v) is 19.3. The lowest BCUT2D eigenvalue weighted by Gasteiger charge is -2.34. The first-order valence-corrected chi connectivity index (χ1v) is 25.4. The van der Waals surface area contributed by atoms with E-state index in [1.54, 1.807) is 68.5 Å². The molecule has 396 valence electrons. The van der Waals surface area contributed by atoms with Crippen LogP contribution in [-0.2, 0) is 40.3 Å². The molecule has 4 heterocycles. The van der Waals surface area contributed by atoms with Gasteiger partial charge < -0.3 is 60.9 Å². The van der Waals surface area contributed by atoms with Crippen molar-refractivity contribution in [3.63, 3.8) is 0 Å². The second kappa shape index (κ2) is 24.4. The Morgan fingerprint density at radius 2 is 1.28 bits per heavy atom. The lowest BCUT2D eigenvalue weighted by Crippen LogP contribution is -2.54. The predicted octanol–water partition coefficient (Wildman–Crippen LogP) is 5.29. The number of unbranched alkanes of at least 4 members (excludes halogenated alkanes) is 2. The summed E-state index contributed by atoms with van der Waals surface area (Å²) in [7, 11) is 3.07. The van der Waals surface area contributed by atoms with E-state index in [2.05, 4.69) is 33.4 Å². The molecular formula is C55H65N9O11. The summed E-state index contributed by atoms with van der Waals surface area (Å²) in [6.07, 6.45) is 7.27. The minimum absolute atomic E-state index is 0.0926. The van der Waals surface area contributed by atoms with Gasteiger partial charge in [0.25, 0.3) is 11.8 Å². The molecule has 0 fully saturated rings. The zero-order valence-electron chi connectivity index (χ0n) is 42.7. The van der Waals surface area contributed by atoms with Gasteiger partial charge in [0, 0.05) is 56.3 Å². The molecule has 0 spiro atoms. The number of benzene rings is 4. The highest BCUT2D eigenvalue weighted by molar-refractivity contribution is 6.05. The number of amides is 7. The standard InChI is InChI=1S/C55H65N9O11/c1-32(2)50(62-49(66)16-18-65)52(68)61-42(13-10-17-57-55(56)71)51(67)60-37-15-14-34-23-39-29-59-44-27-48(46(73-4)25-41(44)54(70)64(39)31-36(34)21-37)75-20-9-5-8-19-74-47-26-43-40(24-45(47)72-3)53(69)63-30-35-12-7-6-11-33(35)22-38(63)28-58-43/h6-7,11-12,14-15,21,24-29,32,38-39,42,50,65H,5,8-10,13,16-20,22-23,30-31H2,1-4H3,(H,60,67)(H,61,68)(H,62,66)(H3,56,57,71)/t38-,39-,42-,50-/m0/s1. The number of carbonyl (C=O) groups excluding carboxylic acids is 6. The van der Waals surface area contributed by atoms with Crippen molar-refractivity contribution in [3.8, 4) is 23.0 Å². The number of nitrogens with zero attached hydrogens (tertiary/aromatic N) is 4. The molecule has 4 aliphatic rings. The molecule has 7 amide bonds. The molecule has 7 N–H and O–H groups in total. The van der Waals surface area contributed by atoms with Crippen LogP contribution >= 0.6 is 0 Å². The van der Waals surface area contributed by atoms with Crippen molar-refractivity contribution in [2.24, 2.45) is 21.6 Å². The van der Waals surface area contributed by atoms with Crippen molar-refractivity contribution in [1.29, 1.82) is 0 Å². The van der Waals surface area contributed by atoms with Crippen LogP contribution in [0.4, 0.5) is 21.9 Å². The topological polar surface area (TPSA) is 265 Å². The lowest BCUT2D eigenvalue weighted by atomic mass is 9.93. The average Bonchev–Trinajstić information content (AvgIpc) is 3.62. The molecule has 8 rings (SSSR count). The summed E-state index contributed by atoms with van der Waals surface area (Å²) in [5.41, 5.74) is 11.6. The van der Waals surface area contributed by atoms with Crippen molar-refractivity contribution in [3.05, 3.63) is 100 Å². The van der Waals surface area contributed by atoms with Gasteiger partial charge in [0.1, 0.15) is 12.1 Å². The maximum Gasteiger partial charge on any atom is 0.312 e. The van der Waals surface area contributed by atoms with Gasteiger partial charge in [0.05, 0.1) is 68.6 Å². The Kier molecular flexibility index (Phi) is 17.3. The van der Waals surface area contributed by atoms with Gasteiger partial charge in [-0.3, -0.25) is 34.0 Å². The maximum absolute atomic E-state index is 14.3. The Morgan fingerprint density at radius 3 is 1.84 bits per heavy atom. The second-order valence-electron chi connectivity index (χ2n) is 19.3. The molecule has 0 bridgehead atoms. The molecule has 0 saturated heterocycles. The summed E-state index contributed by atoms with van der Waals surface area (Å²) in [6, 6.07) is 17.3. The number of ether oxygens (including phenoxy) is 4. The summed E-state index contributed by atoms with van der Waals surface area (Å²) in [6.45, 7) is 4.80. The molecule has 4 aromatic carbocycles. The highest BCUT2D eigenvalue weighted by Crippen LogP contribution is 2.40. The number of primary amides is 1. The fourth-order valence-electron chi connectivity index (χ4n) is 9.69. The van der Waals surface area contributed by atoms with Gasteiger partial charge in [0.15, 0.2) is 23.0 Å². The number of anilines is 1. The number of aliphatic hydroxyl groups excluding tert-OH is 1. The van der Waals surface area contributed by atoms with E-state index in [1.807, 2.05) is 29.3 Å². The van der Waals surface area contributed by atoms with E-state index in [1.165, 1.54) is 12.7 Å². The Hall–Kier alpha value is -8.00. The number of nitrogens with one attached hydrogen (secondary N) is 4. The van der Waals surface area contributed by atoms with Crippen LogP contribution in [0.5, 0.6) is 23.0 Å². The summed E-state index contributed by atoms with van der Waals surface area (Å²) < 4.78 is 23.8. The van der Waals surface area contributed by atoms with Crippen LogP contribution in [0.1, 0.15) is 95.3 Å². The van der Waals surface area contributed by atoms with Crippen LogP contribution in [0.15, 0.2) is 76.7 Å². The van der Waals surface area contributed by atoms with Crippen molar-refractivity contribution in [2.75, 3.05) is 45.9 Å². The third-order valence-corrected chi connectivity index (χ3v) is 13.8. The Labute approximate surface area is 435 Å². The fourth-order valence-corrected chi connectivity index (χ4v) is 9.69. The van der Waals surface area contributed by atoms with E-state index in [-0.39, 0.29) is 62.4 Å². The van der Waals surface area contributed by atoms with Gasteiger partial charge in [-0.05, 0) is 97.4 Å². The molecule has 4 atom stereocenters. The Bertz CT molecular complexity index is 2870. The zero-order chi connectivity index (χ0) is 53.2. The molecular weight excluding hydrogens is 963 g/mol. The zero-order valence-corrected chi connectivity index (χ0v) is 42.7. The van der Waals surface area contributed by atoms with Gasteiger partial charge in [-0.25, -0.2) is 4.79 Å². The van der Waals surface area contributed by atoms with Gasteiger partial charge in [-0.2, -0.15) is 0 Å². The number of carbonyl (C=O) groups is 6. The number of nitrogens with two attached hydrogens (primary N) is 1. The number of aliphatic hydroxyl groups is 1. The fraction of sp³-hybridized carbons (Fsp3) is 0.418. The van der Waals surface area contributed by atoms with Gasteiger partial charge in [-0.1, -0.05) is 44.2 Å². The summed E-state index contributed by atoms with van der Waals surface area (Å²) in [4.78, 5) is 92.0. The summed E-state index contributed by atoms with van der Waals surface area (Å²) in [5, 5.41) is 20.0. The van der Waals surface area contributed by atoms with E-state index in [4.69, 9.17) is 34.7 Å². The van der Waals surface area contributed by atoms with Crippen LogP contribution in [0.3, 0.4) is 0 Å². The summed E-state index contributed by atoms with van der Waals surface area (Å²) >= 11 is 0. The normalized spacial score (nSPS) is 16.8. The molecule has 4 aliphatic heterocycles. The molecule has 0 unspecified atom stereocenters. The minimum atomic E-state index is -1.05. The lowest BCUT2D eigenvalue weighted by molar-refractivity contribution is -0.132. The highest BCUT2D eigenvalue weighted by Gasteiger charge is 2.36. The molecule has 0 radical (unpaired) electrons. The smallest absolute Gasteiger partial charge is 0.312 e. The first kappa shape index (κ1) is 53.3. The number of fused-ring (bicyclic) bond motifs is 6. The highest BCUT2D eigenvalue weighted by atomic mass is 16.5. The third kappa shape index (κ3) is 12.7. The van der Waals surface area contributed by atoms with Crippen molar-refractivity contribution >= 4 is 65.1 Å². The molecule has 20 heteroatoms. The van der Waals surface area contributed by atoms with Crippen LogP contribution < -0.4 is 45.9 Å². The van der Waals surface area contributed by atoms with E-state index in [9.17, 15) is 33.9 Å². The molecule has 4 aromatic rings. The number of methoxy groups -OCH3 is 2. The Morgan fingerprint density at radius 1 is 0.707 bits per heavy atom. The number of aliphatic imine (C=N–C) groups is 2. The van der Waals surface area contributed by atoms with Crippen LogP contribution in [0, 0.1) is 5.92 Å². The van der Waals surface area contributed by atoms with Crippen LogP contribution in [0.2, 0.25) is 0 Å². The van der Waals surface area contributed by atoms with Crippen molar-refractivity contribution < 1.29 is 52.8 Å². The summed E-state index contributed by atoms with van der Waals surface area (Å²) in [5.74, 6) is -0.465. The number of hydrogen-bond donors (Lipinski definition) is 6. The first-order valence-electron chi connectivity index (χ1n) is 25.4. The van der Waals surface area contributed by atoms with Gasteiger partial charge >= 0.3 is 6.03 Å². The van der Waals surface area contributed by atoms with Crippen LogP contribution in [0.25, 0.3) is 0 Å². The molecule has 75 heavy (non-hydrogen) atoms. The SMILES string of the molecule is COc1cc2c(cc1OCCCCCOc1cc3c(cc1OC)C(=O)N1Cc4cc(NC(=O)[C@H](CCCNC(N)=O)NC(=O)[C@@H](NC(=O)CCO)C(C)C)ccc4C[C@H]1C=N3)N=C[C@@H]1Cc3ccccc3CN1C2=O. The van der Waals surface area contributed by atoms with E-state index >= 15 is 0 Å². The molecule has 20 nitrogen and oxygen atoms in total. The van der Waals surface area contributed by atoms with E-state index < -0.39 is 35.8 Å². The number of hydrogen-bond acceptors (Lipinski definition) is 13.